The van der Waals surface area contributed by atoms with Gasteiger partial charge in [0.25, 0.3) is 0 Å². The van der Waals surface area contributed by atoms with Gasteiger partial charge in [-0.15, -0.1) is 11.3 Å². The number of ether oxygens (including phenoxy) is 1. The van der Waals surface area contributed by atoms with E-state index in [4.69, 9.17) is 4.74 Å². The van der Waals surface area contributed by atoms with Crippen LogP contribution in [0.5, 0.6) is 0 Å². The Bertz CT molecular complexity index is 1080. The number of rotatable bonds is 5. The van der Waals surface area contributed by atoms with Gasteiger partial charge in [-0.05, 0) is 39.8 Å². The predicted octanol–water partition coefficient (Wildman–Crippen LogP) is 5.71. The first kappa shape index (κ1) is 21.1. The second-order valence-corrected chi connectivity index (χ2v) is 9.81. The molecule has 1 aliphatic rings. The van der Waals surface area contributed by atoms with Crippen LogP contribution >= 0.6 is 11.3 Å². The quantitative estimate of drug-likeness (QED) is 0.538. The van der Waals surface area contributed by atoms with Crippen LogP contribution in [-0.4, -0.2) is 23.8 Å². The highest BCUT2D eigenvalue weighted by Crippen LogP contribution is 2.44. The highest BCUT2D eigenvalue weighted by Gasteiger charge is 2.30. The third-order valence-corrected chi connectivity index (χ3v) is 7.08. The maximum Gasteiger partial charge on any atom is 0.408 e. The summed E-state index contributed by atoms with van der Waals surface area (Å²) < 4.78 is 5.51. The molecule has 2 N–H and O–H groups in total. The molecule has 31 heavy (non-hydrogen) atoms. The van der Waals surface area contributed by atoms with Crippen molar-refractivity contribution in [2.45, 2.75) is 38.1 Å². The summed E-state index contributed by atoms with van der Waals surface area (Å²) in [5, 5.41) is 12.2. The van der Waals surface area contributed by atoms with Gasteiger partial charge in [-0.1, -0.05) is 69.3 Å². The van der Waals surface area contributed by atoms with Crippen LogP contribution in [0.3, 0.4) is 0 Å². The number of benzene rings is 2. The molecule has 5 nitrogen and oxygen atoms in total. The number of fused-ring (bicyclic) bond motifs is 3. The van der Waals surface area contributed by atoms with Gasteiger partial charge in [0.1, 0.15) is 6.61 Å². The van der Waals surface area contributed by atoms with E-state index in [0.717, 1.165) is 27.1 Å². The minimum Gasteiger partial charge on any atom is -0.479 e. The molecule has 160 valence electrons. The Hall–Kier alpha value is -3.12. The Morgan fingerprint density at radius 3 is 2.10 bits per heavy atom. The monoisotopic (exact) mass is 435 g/mol. The largest absolute Gasteiger partial charge is 0.479 e. The molecule has 0 aliphatic heterocycles. The summed E-state index contributed by atoms with van der Waals surface area (Å²) in [5.41, 5.74) is 4.42. The van der Waals surface area contributed by atoms with E-state index < -0.39 is 18.1 Å². The zero-order valence-corrected chi connectivity index (χ0v) is 18.5. The SMILES string of the molecule is CC(C)(C)c1ccc(C(NC(=O)OCC2c3ccccc3-c3ccccc32)C(=O)O)s1. The molecule has 0 spiro atoms. The Balaban J connectivity index is 1.47. The highest BCUT2D eigenvalue weighted by atomic mass is 32.1. The average Bonchev–Trinajstić information content (AvgIpc) is 3.34. The van der Waals surface area contributed by atoms with Crippen LogP contribution in [0.4, 0.5) is 4.79 Å². The molecule has 0 fully saturated rings. The van der Waals surface area contributed by atoms with Gasteiger partial charge in [-0.3, -0.25) is 0 Å². The fourth-order valence-corrected chi connectivity index (χ4v) is 5.03. The highest BCUT2D eigenvalue weighted by molar-refractivity contribution is 7.12. The van der Waals surface area contributed by atoms with Crippen LogP contribution in [0.25, 0.3) is 11.1 Å². The lowest BCUT2D eigenvalue weighted by Crippen LogP contribution is -2.34. The van der Waals surface area contributed by atoms with Gasteiger partial charge in [0, 0.05) is 15.7 Å². The molecule has 2 aromatic carbocycles. The van der Waals surface area contributed by atoms with E-state index in [2.05, 4.69) is 38.2 Å². The fourth-order valence-electron chi connectivity index (χ4n) is 3.92. The molecule has 0 saturated carbocycles. The predicted molar refractivity (Wildman–Crippen MR) is 122 cm³/mol. The lowest BCUT2D eigenvalue weighted by molar-refractivity contribution is -0.139. The molecule has 0 bridgehead atoms. The molecule has 6 heteroatoms. The van der Waals surface area contributed by atoms with Gasteiger partial charge in [0.05, 0.1) is 0 Å². The summed E-state index contributed by atoms with van der Waals surface area (Å²) in [4.78, 5) is 26.0. The van der Waals surface area contributed by atoms with Crippen molar-refractivity contribution < 1.29 is 19.4 Å². The molecule has 0 saturated heterocycles. The maximum absolute atomic E-state index is 12.5. The standard InChI is InChI=1S/C25H25NO4S/c1-25(2,3)21-13-12-20(31-21)22(23(27)28)26-24(29)30-14-19-17-10-6-4-8-15(17)16-9-5-7-11-18(16)19/h4-13,19,22H,14H2,1-3H3,(H,26,29)(H,27,28). The Morgan fingerprint density at radius 2 is 1.58 bits per heavy atom. The van der Waals surface area contributed by atoms with Crippen molar-refractivity contribution in [2.75, 3.05) is 6.61 Å². The van der Waals surface area contributed by atoms with E-state index in [9.17, 15) is 14.7 Å². The molecular weight excluding hydrogens is 410 g/mol. The number of carboxylic acids is 1. The van der Waals surface area contributed by atoms with Crippen LogP contribution in [0.1, 0.15) is 53.6 Å². The van der Waals surface area contributed by atoms with Crippen molar-refractivity contribution >= 4 is 23.4 Å². The second kappa shape index (κ2) is 8.19. The van der Waals surface area contributed by atoms with E-state index in [0.29, 0.717) is 4.88 Å². The van der Waals surface area contributed by atoms with Gasteiger partial charge >= 0.3 is 12.1 Å². The fraction of sp³-hybridized carbons (Fsp3) is 0.280. The van der Waals surface area contributed by atoms with Crippen molar-refractivity contribution in [2.24, 2.45) is 0 Å². The average molecular weight is 436 g/mol. The van der Waals surface area contributed by atoms with Gasteiger partial charge in [0.2, 0.25) is 0 Å². The molecule has 1 unspecified atom stereocenters. The number of amides is 1. The molecule has 1 aliphatic carbocycles. The number of alkyl carbamates (subject to hydrolysis) is 1. The maximum atomic E-state index is 12.5. The minimum absolute atomic E-state index is 0.0735. The number of carbonyl (C=O) groups is 2. The number of aliphatic carboxylic acids is 1. The molecule has 0 radical (unpaired) electrons. The van der Waals surface area contributed by atoms with E-state index >= 15 is 0 Å². The molecule has 4 rings (SSSR count). The summed E-state index contributed by atoms with van der Waals surface area (Å²) in [6.45, 7) is 6.34. The third-order valence-electron chi connectivity index (χ3n) is 5.50. The normalized spacial score (nSPS) is 13.9. The first-order valence-corrected chi connectivity index (χ1v) is 11.0. The van der Waals surface area contributed by atoms with Crippen molar-refractivity contribution in [1.29, 1.82) is 0 Å². The molecular formula is C25H25NO4S. The second-order valence-electron chi connectivity index (χ2n) is 8.69. The number of nitrogens with one attached hydrogen (secondary N) is 1. The zero-order chi connectivity index (χ0) is 22.2. The minimum atomic E-state index is -1.14. The van der Waals surface area contributed by atoms with E-state index in [-0.39, 0.29) is 17.9 Å². The topological polar surface area (TPSA) is 75.6 Å². The van der Waals surface area contributed by atoms with Gasteiger partial charge in [0.15, 0.2) is 6.04 Å². The van der Waals surface area contributed by atoms with E-state index in [1.807, 2.05) is 42.5 Å². The van der Waals surface area contributed by atoms with Crippen LogP contribution in [-0.2, 0) is 14.9 Å². The summed E-state index contributed by atoms with van der Waals surface area (Å²) in [5.74, 6) is -1.19. The number of carboxylic acid groups (broad SMARTS) is 1. The lowest BCUT2D eigenvalue weighted by atomic mass is 9.95. The number of hydrogen-bond donors (Lipinski definition) is 2. The summed E-state index contributed by atoms with van der Waals surface area (Å²) in [7, 11) is 0. The van der Waals surface area contributed by atoms with Crippen molar-refractivity contribution in [3.05, 3.63) is 81.5 Å². The van der Waals surface area contributed by atoms with E-state index in [1.165, 1.54) is 11.3 Å². The third kappa shape index (κ3) is 4.21. The van der Waals surface area contributed by atoms with Gasteiger partial charge < -0.3 is 15.2 Å². The Labute approximate surface area is 185 Å². The van der Waals surface area contributed by atoms with Crippen molar-refractivity contribution in [1.82, 2.24) is 5.32 Å². The van der Waals surface area contributed by atoms with Crippen molar-refractivity contribution in [3.63, 3.8) is 0 Å². The summed E-state index contributed by atoms with van der Waals surface area (Å²) in [6, 6.07) is 18.7. The molecule has 1 aromatic heterocycles. The molecule has 1 amide bonds. The van der Waals surface area contributed by atoms with Crippen LogP contribution in [0.15, 0.2) is 60.7 Å². The summed E-state index contributed by atoms with van der Waals surface area (Å²) >= 11 is 1.39. The van der Waals surface area contributed by atoms with Crippen LogP contribution in [0.2, 0.25) is 0 Å². The summed E-state index contributed by atoms with van der Waals surface area (Å²) in [6.07, 6.45) is -0.736. The molecule has 3 aromatic rings. The Kier molecular flexibility index (Phi) is 5.58. The lowest BCUT2D eigenvalue weighted by Gasteiger charge is -2.18. The zero-order valence-electron chi connectivity index (χ0n) is 17.7. The number of thiophene rings is 1. The number of carbonyl (C=O) groups excluding carboxylic acids is 1. The Morgan fingerprint density at radius 1 is 1.00 bits per heavy atom. The number of hydrogen-bond acceptors (Lipinski definition) is 4. The van der Waals surface area contributed by atoms with Gasteiger partial charge in [-0.2, -0.15) is 0 Å². The molecule has 1 heterocycles. The van der Waals surface area contributed by atoms with Crippen LogP contribution < -0.4 is 5.32 Å². The van der Waals surface area contributed by atoms with Crippen LogP contribution in [0, 0.1) is 0 Å². The smallest absolute Gasteiger partial charge is 0.408 e. The van der Waals surface area contributed by atoms with Gasteiger partial charge in [-0.25, -0.2) is 9.59 Å². The first-order chi connectivity index (χ1) is 14.8. The first-order valence-electron chi connectivity index (χ1n) is 10.2. The molecule has 1 atom stereocenters. The van der Waals surface area contributed by atoms with E-state index in [1.54, 1.807) is 6.07 Å². The van der Waals surface area contributed by atoms with Crippen molar-refractivity contribution in [3.8, 4) is 11.1 Å².